The monoisotopic (exact) mass is 247 g/mol. The summed E-state index contributed by atoms with van der Waals surface area (Å²) in [7, 11) is 0. The molecule has 1 heterocycles. The van der Waals surface area contributed by atoms with Crippen LogP contribution in [0.3, 0.4) is 0 Å². The SMILES string of the molecule is CCOc1ccc2occ(CNCC(C)C)c2c1. The van der Waals surface area contributed by atoms with Crippen LogP contribution in [0.2, 0.25) is 0 Å². The van der Waals surface area contributed by atoms with Gasteiger partial charge in [-0.1, -0.05) is 13.8 Å². The van der Waals surface area contributed by atoms with E-state index >= 15 is 0 Å². The van der Waals surface area contributed by atoms with Gasteiger partial charge in [-0.15, -0.1) is 0 Å². The standard InChI is InChI=1S/C15H21NO2/c1-4-17-13-5-6-15-14(7-13)12(10-18-15)9-16-8-11(2)3/h5-7,10-11,16H,4,8-9H2,1-3H3. The Balaban J connectivity index is 2.14. The highest BCUT2D eigenvalue weighted by molar-refractivity contribution is 5.82. The molecule has 2 rings (SSSR count). The Labute approximate surface area is 108 Å². The number of fused-ring (bicyclic) bond motifs is 1. The highest BCUT2D eigenvalue weighted by Gasteiger charge is 2.07. The number of hydrogen-bond acceptors (Lipinski definition) is 3. The summed E-state index contributed by atoms with van der Waals surface area (Å²) >= 11 is 0. The Kier molecular flexibility index (Phi) is 4.26. The van der Waals surface area contributed by atoms with E-state index in [1.54, 1.807) is 0 Å². The lowest BCUT2D eigenvalue weighted by molar-refractivity contribution is 0.340. The third kappa shape index (κ3) is 3.05. The molecule has 0 radical (unpaired) electrons. The molecule has 3 nitrogen and oxygen atoms in total. The van der Waals surface area contributed by atoms with Crippen molar-refractivity contribution in [2.24, 2.45) is 5.92 Å². The van der Waals surface area contributed by atoms with Gasteiger partial charge in [-0.2, -0.15) is 0 Å². The second-order valence-corrected chi connectivity index (χ2v) is 4.88. The van der Waals surface area contributed by atoms with Crippen LogP contribution in [-0.4, -0.2) is 13.2 Å². The molecule has 1 aromatic carbocycles. The molecule has 0 saturated heterocycles. The number of ether oxygens (including phenoxy) is 1. The summed E-state index contributed by atoms with van der Waals surface area (Å²) in [6.45, 7) is 8.93. The lowest BCUT2D eigenvalue weighted by Gasteiger charge is -2.06. The van der Waals surface area contributed by atoms with Crippen LogP contribution in [0.4, 0.5) is 0 Å². The first-order valence-corrected chi connectivity index (χ1v) is 6.54. The van der Waals surface area contributed by atoms with Crippen molar-refractivity contribution in [3.63, 3.8) is 0 Å². The largest absolute Gasteiger partial charge is 0.494 e. The van der Waals surface area contributed by atoms with Crippen LogP contribution >= 0.6 is 0 Å². The van der Waals surface area contributed by atoms with Crippen molar-refractivity contribution in [3.05, 3.63) is 30.0 Å². The Bertz CT molecular complexity index is 502. The summed E-state index contributed by atoms with van der Waals surface area (Å²) in [6, 6.07) is 5.96. The molecule has 0 bridgehead atoms. The van der Waals surface area contributed by atoms with Gasteiger partial charge in [0, 0.05) is 17.5 Å². The van der Waals surface area contributed by atoms with Gasteiger partial charge in [0.2, 0.25) is 0 Å². The van der Waals surface area contributed by atoms with E-state index in [4.69, 9.17) is 9.15 Å². The van der Waals surface area contributed by atoms with Crippen LogP contribution < -0.4 is 10.1 Å². The van der Waals surface area contributed by atoms with Crippen LogP contribution in [0.15, 0.2) is 28.9 Å². The van der Waals surface area contributed by atoms with Gasteiger partial charge in [-0.05, 0) is 37.6 Å². The Hall–Kier alpha value is -1.48. The van der Waals surface area contributed by atoms with Gasteiger partial charge in [-0.25, -0.2) is 0 Å². The molecule has 0 atom stereocenters. The van der Waals surface area contributed by atoms with Gasteiger partial charge in [0.25, 0.3) is 0 Å². The normalized spacial score (nSPS) is 11.3. The van der Waals surface area contributed by atoms with Crippen LogP contribution in [0.25, 0.3) is 11.0 Å². The molecule has 0 spiro atoms. The van der Waals surface area contributed by atoms with Crippen molar-refractivity contribution in [2.75, 3.05) is 13.2 Å². The van der Waals surface area contributed by atoms with Crippen molar-refractivity contribution in [3.8, 4) is 5.75 Å². The molecule has 3 heteroatoms. The van der Waals surface area contributed by atoms with E-state index in [2.05, 4.69) is 25.2 Å². The molecule has 0 aliphatic heterocycles. The van der Waals surface area contributed by atoms with E-state index in [1.807, 2.05) is 25.3 Å². The fraction of sp³-hybridized carbons (Fsp3) is 0.467. The molecule has 1 aromatic heterocycles. The van der Waals surface area contributed by atoms with E-state index in [0.717, 1.165) is 29.8 Å². The van der Waals surface area contributed by atoms with Gasteiger partial charge >= 0.3 is 0 Å². The smallest absolute Gasteiger partial charge is 0.134 e. The summed E-state index contributed by atoms with van der Waals surface area (Å²) in [5, 5.41) is 4.57. The summed E-state index contributed by atoms with van der Waals surface area (Å²) in [6.07, 6.45) is 1.83. The number of rotatable bonds is 6. The number of benzene rings is 1. The lowest BCUT2D eigenvalue weighted by Crippen LogP contribution is -2.18. The third-order valence-corrected chi connectivity index (χ3v) is 2.80. The molecular weight excluding hydrogens is 226 g/mol. The minimum absolute atomic E-state index is 0.655. The molecule has 0 aliphatic carbocycles. The van der Waals surface area contributed by atoms with E-state index in [1.165, 1.54) is 5.56 Å². The molecule has 2 aromatic rings. The minimum Gasteiger partial charge on any atom is -0.494 e. The highest BCUT2D eigenvalue weighted by atomic mass is 16.5. The maximum absolute atomic E-state index is 5.54. The highest BCUT2D eigenvalue weighted by Crippen LogP contribution is 2.25. The van der Waals surface area contributed by atoms with Crippen molar-refractivity contribution < 1.29 is 9.15 Å². The van der Waals surface area contributed by atoms with E-state index in [-0.39, 0.29) is 0 Å². The molecule has 98 valence electrons. The number of furan rings is 1. The lowest BCUT2D eigenvalue weighted by atomic mass is 10.1. The Morgan fingerprint density at radius 1 is 1.33 bits per heavy atom. The first-order valence-electron chi connectivity index (χ1n) is 6.54. The first-order chi connectivity index (χ1) is 8.70. The average molecular weight is 247 g/mol. The molecule has 0 saturated carbocycles. The first kappa shape index (κ1) is 13.0. The van der Waals surface area contributed by atoms with Crippen molar-refractivity contribution in [2.45, 2.75) is 27.3 Å². The quantitative estimate of drug-likeness (QED) is 0.847. The van der Waals surface area contributed by atoms with Crippen LogP contribution in [0, 0.1) is 5.92 Å². The van der Waals surface area contributed by atoms with Crippen LogP contribution in [0.5, 0.6) is 5.75 Å². The molecule has 0 unspecified atom stereocenters. The Morgan fingerprint density at radius 3 is 2.89 bits per heavy atom. The average Bonchev–Trinajstić information content (AvgIpc) is 2.72. The van der Waals surface area contributed by atoms with Gasteiger partial charge in [0.15, 0.2) is 0 Å². The van der Waals surface area contributed by atoms with Crippen LogP contribution in [0.1, 0.15) is 26.3 Å². The van der Waals surface area contributed by atoms with E-state index < -0.39 is 0 Å². The molecule has 0 amide bonds. The zero-order valence-corrected chi connectivity index (χ0v) is 11.3. The molecule has 18 heavy (non-hydrogen) atoms. The van der Waals surface area contributed by atoms with Crippen molar-refractivity contribution >= 4 is 11.0 Å². The predicted molar refractivity (Wildman–Crippen MR) is 73.9 cm³/mol. The van der Waals surface area contributed by atoms with Crippen molar-refractivity contribution in [1.29, 1.82) is 0 Å². The van der Waals surface area contributed by atoms with Gasteiger partial charge in [0.1, 0.15) is 11.3 Å². The van der Waals surface area contributed by atoms with E-state index in [9.17, 15) is 0 Å². The molecule has 0 aliphatic rings. The van der Waals surface area contributed by atoms with Gasteiger partial charge < -0.3 is 14.5 Å². The summed E-state index contributed by atoms with van der Waals surface area (Å²) in [4.78, 5) is 0. The fourth-order valence-electron chi connectivity index (χ4n) is 1.95. The van der Waals surface area contributed by atoms with Crippen molar-refractivity contribution in [1.82, 2.24) is 5.32 Å². The summed E-state index contributed by atoms with van der Waals surface area (Å²) < 4.78 is 11.1. The second-order valence-electron chi connectivity index (χ2n) is 4.88. The summed E-state index contributed by atoms with van der Waals surface area (Å²) in [5.74, 6) is 1.55. The molecular formula is C15H21NO2. The third-order valence-electron chi connectivity index (χ3n) is 2.80. The second kappa shape index (κ2) is 5.91. The zero-order valence-electron chi connectivity index (χ0n) is 11.3. The molecule has 1 N–H and O–H groups in total. The predicted octanol–water partition coefficient (Wildman–Crippen LogP) is 3.58. The Morgan fingerprint density at radius 2 is 2.17 bits per heavy atom. The topological polar surface area (TPSA) is 34.4 Å². The minimum atomic E-state index is 0.655. The van der Waals surface area contributed by atoms with Gasteiger partial charge in [-0.3, -0.25) is 0 Å². The molecule has 0 fully saturated rings. The number of nitrogens with one attached hydrogen (secondary N) is 1. The zero-order chi connectivity index (χ0) is 13.0. The number of hydrogen-bond donors (Lipinski definition) is 1. The van der Waals surface area contributed by atoms with Gasteiger partial charge in [0.05, 0.1) is 12.9 Å². The maximum atomic E-state index is 5.54. The summed E-state index contributed by atoms with van der Waals surface area (Å²) in [5.41, 5.74) is 2.10. The van der Waals surface area contributed by atoms with Crippen LogP contribution in [-0.2, 0) is 6.54 Å². The maximum Gasteiger partial charge on any atom is 0.134 e. The fourth-order valence-corrected chi connectivity index (χ4v) is 1.95. The van der Waals surface area contributed by atoms with E-state index in [0.29, 0.717) is 12.5 Å².